The van der Waals surface area contributed by atoms with Crippen LogP contribution in [0.4, 0.5) is 11.5 Å². The number of hydrogen-bond acceptors (Lipinski definition) is 4. The highest BCUT2D eigenvalue weighted by Crippen LogP contribution is 2.23. The van der Waals surface area contributed by atoms with Crippen LogP contribution in [0.1, 0.15) is 41.5 Å². The summed E-state index contributed by atoms with van der Waals surface area (Å²) in [5.41, 5.74) is 3.60. The fraction of sp³-hybridized carbons (Fsp3) is 0.227. The molecule has 3 rings (SSSR count). The van der Waals surface area contributed by atoms with E-state index in [1.165, 1.54) is 5.56 Å². The molecule has 0 radical (unpaired) electrons. The molecule has 0 saturated heterocycles. The van der Waals surface area contributed by atoms with Gasteiger partial charge >= 0.3 is 0 Å². The van der Waals surface area contributed by atoms with Gasteiger partial charge in [-0.15, -0.1) is 10.2 Å². The molecule has 138 valence electrons. The summed E-state index contributed by atoms with van der Waals surface area (Å²) < 4.78 is 0. The molecule has 1 N–H and O–H groups in total. The largest absolute Gasteiger partial charge is 0.344 e. The second-order valence-corrected chi connectivity index (χ2v) is 6.47. The Morgan fingerprint density at radius 2 is 1.81 bits per heavy atom. The highest BCUT2D eigenvalue weighted by atomic mass is 16.2. The predicted molar refractivity (Wildman–Crippen MR) is 108 cm³/mol. The van der Waals surface area contributed by atoms with Crippen LogP contribution in [0.3, 0.4) is 0 Å². The molecule has 1 atom stereocenters. The number of anilines is 2. The number of nitrogens with zero attached hydrogens (tertiary/aromatic N) is 3. The zero-order chi connectivity index (χ0) is 19.2. The van der Waals surface area contributed by atoms with Crippen LogP contribution in [0.25, 0.3) is 0 Å². The lowest BCUT2D eigenvalue weighted by atomic mass is 10.1. The smallest absolute Gasteiger partial charge is 0.272 e. The van der Waals surface area contributed by atoms with E-state index in [1.807, 2.05) is 55.5 Å². The average Bonchev–Trinajstić information content (AvgIpc) is 2.70. The molecule has 0 aliphatic rings. The van der Waals surface area contributed by atoms with Gasteiger partial charge in [-0.25, -0.2) is 0 Å². The fourth-order valence-corrected chi connectivity index (χ4v) is 2.96. The van der Waals surface area contributed by atoms with Crippen molar-refractivity contribution >= 4 is 17.4 Å². The van der Waals surface area contributed by atoms with Gasteiger partial charge in [0.2, 0.25) is 0 Å². The first-order chi connectivity index (χ1) is 13.1. The molecule has 27 heavy (non-hydrogen) atoms. The second kappa shape index (κ2) is 8.45. The fourth-order valence-electron chi connectivity index (χ4n) is 2.96. The van der Waals surface area contributed by atoms with Gasteiger partial charge in [-0.2, -0.15) is 0 Å². The monoisotopic (exact) mass is 360 g/mol. The van der Waals surface area contributed by atoms with E-state index < -0.39 is 0 Å². The third kappa shape index (κ3) is 4.50. The van der Waals surface area contributed by atoms with E-state index >= 15 is 0 Å². The van der Waals surface area contributed by atoms with E-state index in [2.05, 4.69) is 46.4 Å². The van der Waals surface area contributed by atoms with Crippen LogP contribution in [0.5, 0.6) is 0 Å². The summed E-state index contributed by atoms with van der Waals surface area (Å²) in [6, 6.07) is 21.5. The number of hydrogen-bond donors (Lipinski definition) is 1. The minimum Gasteiger partial charge on any atom is -0.344 e. The van der Waals surface area contributed by atoms with Gasteiger partial charge in [0.1, 0.15) is 0 Å². The van der Waals surface area contributed by atoms with Crippen LogP contribution in [-0.2, 0) is 0 Å². The zero-order valence-electron chi connectivity index (χ0n) is 15.9. The van der Waals surface area contributed by atoms with Crippen LogP contribution in [0.2, 0.25) is 0 Å². The van der Waals surface area contributed by atoms with E-state index in [4.69, 9.17) is 0 Å². The van der Waals surface area contributed by atoms with Crippen LogP contribution < -0.4 is 10.2 Å². The number of amides is 1. The standard InChI is InChI=1S/C22H24N4O/c1-4-26(19-12-8-9-16(2)15-19)21-14-13-20(24-25-21)22(27)23-17(3)18-10-6-5-7-11-18/h5-15,17H,4H2,1-3H3,(H,23,27). The van der Waals surface area contributed by atoms with Gasteiger partial charge in [0.25, 0.3) is 5.91 Å². The third-order valence-corrected chi connectivity index (χ3v) is 4.44. The van der Waals surface area contributed by atoms with E-state index in [1.54, 1.807) is 6.07 Å². The maximum atomic E-state index is 12.5. The normalized spacial score (nSPS) is 11.7. The van der Waals surface area contributed by atoms with Crippen molar-refractivity contribution in [3.05, 3.63) is 83.6 Å². The topological polar surface area (TPSA) is 58.1 Å². The summed E-state index contributed by atoms with van der Waals surface area (Å²) in [5.74, 6) is 0.486. The SMILES string of the molecule is CCN(c1cccc(C)c1)c1ccc(C(=O)NC(C)c2ccccc2)nn1. The average molecular weight is 360 g/mol. The van der Waals surface area contributed by atoms with E-state index in [-0.39, 0.29) is 11.9 Å². The van der Waals surface area contributed by atoms with Gasteiger partial charge in [0.15, 0.2) is 11.5 Å². The number of rotatable bonds is 6. The van der Waals surface area contributed by atoms with Gasteiger partial charge in [0.05, 0.1) is 6.04 Å². The first kappa shape index (κ1) is 18.6. The number of carbonyl (C=O) groups excluding carboxylic acids is 1. The molecular weight excluding hydrogens is 336 g/mol. The van der Waals surface area contributed by atoms with Crippen molar-refractivity contribution in [2.75, 3.05) is 11.4 Å². The molecule has 2 aromatic carbocycles. The summed E-state index contributed by atoms with van der Waals surface area (Å²) in [5, 5.41) is 11.4. The molecule has 0 saturated carbocycles. The summed E-state index contributed by atoms with van der Waals surface area (Å²) >= 11 is 0. The molecular formula is C22H24N4O. The highest BCUT2D eigenvalue weighted by Gasteiger charge is 2.15. The number of nitrogens with one attached hydrogen (secondary N) is 1. The molecule has 5 nitrogen and oxygen atoms in total. The Kier molecular flexibility index (Phi) is 5.81. The van der Waals surface area contributed by atoms with Crippen LogP contribution in [0, 0.1) is 6.92 Å². The van der Waals surface area contributed by atoms with Gasteiger partial charge in [-0.05, 0) is 56.2 Å². The molecule has 0 aliphatic heterocycles. The molecule has 0 bridgehead atoms. The van der Waals surface area contributed by atoms with Crippen molar-refractivity contribution in [2.24, 2.45) is 0 Å². The van der Waals surface area contributed by atoms with Gasteiger partial charge < -0.3 is 10.2 Å². The number of aryl methyl sites for hydroxylation is 1. The van der Waals surface area contributed by atoms with Gasteiger partial charge in [0, 0.05) is 12.2 Å². The minimum absolute atomic E-state index is 0.0976. The van der Waals surface area contributed by atoms with Gasteiger partial charge in [-0.1, -0.05) is 42.5 Å². The first-order valence-electron chi connectivity index (χ1n) is 9.12. The lowest BCUT2D eigenvalue weighted by molar-refractivity contribution is 0.0934. The van der Waals surface area contributed by atoms with Gasteiger partial charge in [-0.3, -0.25) is 4.79 Å². The number of aromatic nitrogens is 2. The maximum Gasteiger partial charge on any atom is 0.272 e. The lowest BCUT2D eigenvalue weighted by Gasteiger charge is -2.22. The van der Waals surface area contributed by atoms with Crippen molar-refractivity contribution in [1.29, 1.82) is 0 Å². The molecule has 1 aromatic heterocycles. The Hall–Kier alpha value is -3.21. The summed E-state index contributed by atoms with van der Waals surface area (Å²) in [6.07, 6.45) is 0. The number of carbonyl (C=O) groups is 1. The van der Waals surface area contributed by atoms with Crippen LogP contribution >= 0.6 is 0 Å². The minimum atomic E-state index is -0.232. The summed E-state index contributed by atoms with van der Waals surface area (Å²) in [7, 11) is 0. The lowest BCUT2D eigenvalue weighted by Crippen LogP contribution is -2.28. The van der Waals surface area contributed by atoms with Crippen molar-refractivity contribution < 1.29 is 4.79 Å². The molecule has 1 amide bonds. The van der Waals surface area contributed by atoms with Crippen molar-refractivity contribution in [3.8, 4) is 0 Å². The van der Waals surface area contributed by atoms with E-state index in [9.17, 15) is 4.79 Å². The quantitative estimate of drug-likeness (QED) is 0.706. The summed E-state index contributed by atoms with van der Waals surface area (Å²) in [6.45, 7) is 6.83. The molecule has 1 heterocycles. The molecule has 5 heteroatoms. The second-order valence-electron chi connectivity index (χ2n) is 6.47. The van der Waals surface area contributed by atoms with E-state index in [0.29, 0.717) is 5.69 Å². The van der Waals surface area contributed by atoms with Crippen molar-refractivity contribution in [2.45, 2.75) is 26.8 Å². The van der Waals surface area contributed by atoms with E-state index in [0.717, 1.165) is 23.6 Å². The molecule has 0 aliphatic carbocycles. The Morgan fingerprint density at radius 1 is 1.04 bits per heavy atom. The Balaban J connectivity index is 1.73. The highest BCUT2D eigenvalue weighted by molar-refractivity contribution is 5.92. The Bertz CT molecular complexity index is 894. The van der Waals surface area contributed by atoms with Crippen LogP contribution in [-0.4, -0.2) is 22.6 Å². The molecule has 1 unspecified atom stereocenters. The number of benzene rings is 2. The Morgan fingerprint density at radius 3 is 2.44 bits per heavy atom. The summed E-state index contributed by atoms with van der Waals surface area (Å²) in [4.78, 5) is 14.5. The maximum absolute atomic E-state index is 12.5. The zero-order valence-corrected chi connectivity index (χ0v) is 15.9. The molecule has 3 aromatic rings. The molecule has 0 spiro atoms. The molecule has 0 fully saturated rings. The third-order valence-electron chi connectivity index (χ3n) is 4.44. The van der Waals surface area contributed by atoms with Crippen LogP contribution in [0.15, 0.2) is 66.7 Å². The van der Waals surface area contributed by atoms with Crippen molar-refractivity contribution in [3.63, 3.8) is 0 Å². The van der Waals surface area contributed by atoms with Crippen molar-refractivity contribution in [1.82, 2.24) is 15.5 Å². The Labute approximate surface area is 160 Å². The predicted octanol–water partition coefficient (Wildman–Crippen LogP) is 4.43. The first-order valence-corrected chi connectivity index (χ1v) is 9.12.